The number of carbonyl (C=O) groups is 1. The number of benzene rings is 2. The van der Waals surface area contributed by atoms with Gasteiger partial charge in [-0.2, -0.15) is 0 Å². The Morgan fingerprint density at radius 2 is 1.86 bits per heavy atom. The van der Waals surface area contributed by atoms with E-state index in [1.54, 1.807) is 0 Å². The second kappa shape index (κ2) is 10.4. The lowest BCUT2D eigenvalue weighted by Gasteiger charge is -2.16. The third-order valence-corrected chi connectivity index (χ3v) is 5.01. The molecule has 0 unspecified atom stereocenters. The molecule has 2 rings (SSSR count). The van der Waals surface area contributed by atoms with Crippen LogP contribution in [0, 0.1) is 6.92 Å². The van der Waals surface area contributed by atoms with Crippen molar-refractivity contribution in [2.75, 3.05) is 18.5 Å². The van der Waals surface area contributed by atoms with Crippen LogP contribution in [-0.2, 0) is 4.79 Å². The molecule has 0 atom stereocenters. The number of hydrogen-bond donors (Lipinski definition) is 2. The summed E-state index contributed by atoms with van der Waals surface area (Å²) >= 11 is 8.73. The van der Waals surface area contributed by atoms with Crippen molar-refractivity contribution in [1.29, 1.82) is 0 Å². The molecule has 0 heterocycles. The lowest BCUT2D eigenvalue weighted by Crippen LogP contribution is -2.37. The van der Waals surface area contributed by atoms with Crippen molar-refractivity contribution < 1.29 is 14.3 Å². The fraction of sp³-hybridized carbons (Fsp3) is 0.333. The number of thiocarbonyl (C=S) groups is 1. The predicted octanol–water partition coefficient (Wildman–Crippen LogP) is 5.17. The molecule has 0 saturated heterocycles. The van der Waals surface area contributed by atoms with E-state index in [0.717, 1.165) is 27.0 Å². The minimum Gasteiger partial charge on any atom is -0.494 e. The minimum absolute atomic E-state index is 0.119. The number of halogens is 1. The van der Waals surface area contributed by atoms with Crippen LogP contribution in [0.1, 0.15) is 37.8 Å². The summed E-state index contributed by atoms with van der Waals surface area (Å²) in [5, 5.41) is 5.81. The van der Waals surface area contributed by atoms with E-state index in [2.05, 4.69) is 40.4 Å². The third-order valence-electron chi connectivity index (χ3n) is 3.95. The Bertz CT molecular complexity index is 838. The molecule has 0 saturated carbocycles. The molecule has 0 radical (unpaired) electrons. The first kappa shape index (κ1) is 22.2. The summed E-state index contributed by atoms with van der Waals surface area (Å²) in [4.78, 5) is 12.2. The standard InChI is InChI=1S/C21H25BrN2O3S/c1-5-26-16-8-6-15(7-9-16)23-21(28)24-20(25)12-27-19-10-14(4)18(22)11-17(19)13(2)3/h6-11,13H,5,12H2,1-4H3,(H2,23,24,25,28). The van der Waals surface area contributed by atoms with Gasteiger partial charge in [-0.1, -0.05) is 29.8 Å². The highest BCUT2D eigenvalue weighted by Crippen LogP contribution is 2.32. The maximum atomic E-state index is 12.2. The summed E-state index contributed by atoms with van der Waals surface area (Å²) in [6.07, 6.45) is 0. The molecule has 0 fully saturated rings. The predicted molar refractivity (Wildman–Crippen MR) is 120 cm³/mol. The second-order valence-electron chi connectivity index (χ2n) is 6.54. The van der Waals surface area contributed by atoms with Crippen LogP contribution >= 0.6 is 28.1 Å². The average Bonchev–Trinajstić information content (AvgIpc) is 2.64. The zero-order valence-electron chi connectivity index (χ0n) is 16.5. The van der Waals surface area contributed by atoms with Crippen molar-refractivity contribution in [3.8, 4) is 11.5 Å². The smallest absolute Gasteiger partial charge is 0.264 e. The molecule has 1 amide bonds. The topological polar surface area (TPSA) is 59.6 Å². The van der Waals surface area contributed by atoms with Gasteiger partial charge in [0.25, 0.3) is 5.91 Å². The van der Waals surface area contributed by atoms with Crippen molar-refractivity contribution in [1.82, 2.24) is 5.32 Å². The summed E-state index contributed by atoms with van der Waals surface area (Å²) in [6, 6.07) is 11.3. The zero-order chi connectivity index (χ0) is 20.7. The number of ether oxygens (including phenoxy) is 2. The molecule has 0 aliphatic heterocycles. The van der Waals surface area contributed by atoms with Crippen LogP contribution in [0.15, 0.2) is 40.9 Å². The Morgan fingerprint density at radius 3 is 2.46 bits per heavy atom. The van der Waals surface area contributed by atoms with Crippen LogP contribution in [0.4, 0.5) is 5.69 Å². The van der Waals surface area contributed by atoms with E-state index in [0.29, 0.717) is 12.4 Å². The van der Waals surface area contributed by atoms with E-state index in [-0.39, 0.29) is 23.5 Å². The maximum absolute atomic E-state index is 12.2. The van der Waals surface area contributed by atoms with Gasteiger partial charge in [0, 0.05) is 10.2 Å². The first-order valence-corrected chi connectivity index (χ1v) is 10.3. The van der Waals surface area contributed by atoms with E-state index in [1.165, 1.54) is 0 Å². The van der Waals surface area contributed by atoms with Gasteiger partial charge in [0.05, 0.1) is 6.61 Å². The lowest BCUT2D eigenvalue weighted by atomic mass is 10.0. The van der Waals surface area contributed by atoms with E-state index < -0.39 is 0 Å². The first-order valence-electron chi connectivity index (χ1n) is 9.06. The molecule has 7 heteroatoms. The highest BCUT2D eigenvalue weighted by molar-refractivity contribution is 9.10. The summed E-state index contributed by atoms with van der Waals surface area (Å²) in [6.45, 7) is 8.57. The molecule has 2 aromatic carbocycles. The average molecular weight is 465 g/mol. The molecular formula is C21H25BrN2O3S. The molecule has 2 N–H and O–H groups in total. The van der Waals surface area contributed by atoms with Crippen molar-refractivity contribution in [2.45, 2.75) is 33.6 Å². The Hall–Kier alpha value is -2.12. The van der Waals surface area contributed by atoms with Gasteiger partial charge in [-0.25, -0.2) is 0 Å². The van der Waals surface area contributed by atoms with Gasteiger partial charge < -0.3 is 14.8 Å². The number of amides is 1. The van der Waals surface area contributed by atoms with Gasteiger partial charge in [-0.15, -0.1) is 0 Å². The molecule has 28 heavy (non-hydrogen) atoms. The van der Waals surface area contributed by atoms with Gasteiger partial charge in [-0.3, -0.25) is 10.1 Å². The molecule has 150 valence electrons. The largest absolute Gasteiger partial charge is 0.494 e. The van der Waals surface area contributed by atoms with Gasteiger partial charge in [-0.05, 0) is 79.5 Å². The van der Waals surface area contributed by atoms with Gasteiger partial charge in [0.1, 0.15) is 11.5 Å². The Labute approximate surface area is 179 Å². The van der Waals surface area contributed by atoms with E-state index in [4.69, 9.17) is 21.7 Å². The van der Waals surface area contributed by atoms with Crippen LogP contribution in [0.2, 0.25) is 0 Å². The van der Waals surface area contributed by atoms with Crippen LogP contribution in [0.5, 0.6) is 11.5 Å². The van der Waals surface area contributed by atoms with Crippen LogP contribution in [0.3, 0.4) is 0 Å². The number of carbonyl (C=O) groups excluding carboxylic acids is 1. The molecular weight excluding hydrogens is 440 g/mol. The fourth-order valence-electron chi connectivity index (χ4n) is 2.52. The highest BCUT2D eigenvalue weighted by atomic mass is 79.9. The number of nitrogens with one attached hydrogen (secondary N) is 2. The van der Waals surface area contributed by atoms with E-state index >= 15 is 0 Å². The van der Waals surface area contributed by atoms with Gasteiger partial charge in [0.2, 0.25) is 0 Å². The van der Waals surface area contributed by atoms with Crippen molar-refractivity contribution in [2.24, 2.45) is 0 Å². The summed E-state index contributed by atoms with van der Waals surface area (Å²) < 4.78 is 12.2. The molecule has 2 aromatic rings. The summed E-state index contributed by atoms with van der Waals surface area (Å²) in [7, 11) is 0. The van der Waals surface area contributed by atoms with Crippen LogP contribution in [0.25, 0.3) is 0 Å². The van der Waals surface area contributed by atoms with Crippen molar-refractivity contribution >= 4 is 44.9 Å². The van der Waals surface area contributed by atoms with E-state index in [9.17, 15) is 4.79 Å². The Kier molecular flexibility index (Phi) is 8.26. The normalized spacial score (nSPS) is 10.5. The Balaban J connectivity index is 1.90. The van der Waals surface area contributed by atoms with Gasteiger partial charge in [0.15, 0.2) is 11.7 Å². The molecule has 0 aliphatic rings. The van der Waals surface area contributed by atoms with Crippen molar-refractivity contribution in [3.63, 3.8) is 0 Å². The fourth-order valence-corrected chi connectivity index (χ4v) is 3.11. The number of aryl methyl sites for hydroxylation is 1. The van der Waals surface area contributed by atoms with Crippen molar-refractivity contribution in [3.05, 3.63) is 52.0 Å². The molecule has 0 bridgehead atoms. The monoisotopic (exact) mass is 464 g/mol. The third kappa shape index (κ3) is 6.49. The highest BCUT2D eigenvalue weighted by Gasteiger charge is 2.13. The summed E-state index contributed by atoms with van der Waals surface area (Å²) in [5.74, 6) is 1.44. The van der Waals surface area contributed by atoms with Crippen LogP contribution in [-0.4, -0.2) is 24.2 Å². The lowest BCUT2D eigenvalue weighted by molar-refractivity contribution is -0.121. The zero-order valence-corrected chi connectivity index (χ0v) is 18.9. The summed E-state index contributed by atoms with van der Waals surface area (Å²) in [5.41, 5.74) is 2.85. The molecule has 0 spiro atoms. The Morgan fingerprint density at radius 1 is 1.18 bits per heavy atom. The molecule has 0 aromatic heterocycles. The van der Waals surface area contributed by atoms with E-state index in [1.807, 2.05) is 50.2 Å². The number of hydrogen-bond acceptors (Lipinski definition) is 4. The number of anilines is 1. The molecule has 5 nitrogen and oxygen atoms in total. The first-order chi connectivity index (χ1) is 13.3. The molecule has 0 aliphatic carbocycles. The quantitative estimate of drug-likeness (QED) is 0.553. The number of rotatable bonds is 7. The minimum atomic E-state index is -0.321. The SMILES string of the molecule is CCOc1ccc(NC(=S)NC(=O)COc2cc(C)c(Br)cc2C(C)C)cc1. The second-order valence-corrected chi connectivity index (χ2v) is 7.80. The maximum Gasteiger partial charge on any atom is 0.264 e. The van der Waals surface area contributed by atoms with Gasteiger partial charge >= 0.3 is 0 Å². The van der Waals surface area contributed by atoms with Crippen LogP contribution < -0.4 is 20.1 Å².